The Morgan fingerprint density at radius 2 is 2.26 bits per heavy atom. The Bertz CT molecular complexity index is 377. The van der Waals surface area contributed by atoms with Crippen LogP contribution in [0.2, 0.25) is 0 Å². The van der Waals surface area contributed by atoms with E-state index in [-0.39, 0.29) is 17.8 Å². The molecule has 0 radical (unpaired) electrons. The van der Waals surface area contributed by atoms with Crippen molar-refractivity contribution in [2.45, 2.75) is 39.2 Å². The number of hydrogen-bond acceptors (Lipinski definition) is 4. The van der Waals surface area contributed by atoms with Crippen molar-refractivity contribution in [2.24, 2.45) is 22.2 Å². The first-order valence-corrected chi connectivity index (χ1v) is 6.92. The molecule has 2 rings (SSSR count). The first kappa shape index (κ1) is 14.1. The molecule has 1 unspecified atom stereocenters. The summed E-state index contributed by atoms with van der Waals surface area (Å²) in [6.45, 7) is 5.84. The summed E-state index contributed by atoms with van der Waals surface area (Å²) in [5.41, 5.74) is 5.00. The maximum Gasteiger partial charge on any atom is 0.236 e. The van der Waals surface area contributed by atoms with Crippen LogP contribution in [0.5, 0.6) is 0 Å². The van der Waals surface area contributed by atoms with Gasteiger partial charge >= 0.3 is 0 Å². The summed E-state index contributed by atoms with van der Waals surface area (Å²) < 4.78 is 5.42. The minimum Gasteiger partial charge on any atom is -0.409 e. The average molecular weight is 269 g/mol. The van der Waals surface area contributed by atoms with Gasteiger partial charge in [-0.05, 0) is 25.2 Å². The molecule has 1 heterocycles. The second kappa shape index (κ2) is 5.36. The predicted octanol–water partition coefficient (Wildman–Crippen LogP) is 0.786. The number of nitrogens with two attached hydrogens (primary N) is 1. The summed E-state index contributed by atoms with van der Waals surface area (Å²) in [7, 11) is 0. The van der Waals surface area contributed by atoms with Crippen molar-refractivity contribution >= 4 is 11.7 Å². The van der Waals surface area contributed by atoms with Crippen molar-refractivity contribution in [2.75, 3.05) is 19.8 Å². The number of carbonyl (C=O) groups excluding carboxylic acids is 1. The molecule has 3 N–H and O–H groups in total. The van der Waals surface area contributed by atoms with Crippen LogP contribution in [-0.2, 0) is 9.53 Å². The molecule has 1 saturated carbocycles. The van der Waals surface area contributed by atoms with E-state index in [0.29, 0.717) is 38.5 Å². The summed E-state index contributed by atoms with van der Waals surface area (Å²) in [6, 6.07) is 0.0977. The van der Waals surface area contributed by atoms with Gasteiger partial charge in [-0.2, -0.15) is 0 Å². The SMILES string of the molecule is CCC1COCCN1C(=O)C1(C(N)=NO)CC(C)C1. The minimum absolute atomic E-state index is 0.00366. The summed E-state index contributed by atoms with van der Waals surface area (Å²) >= 11 is 0. The van der Waals surface area contributed by atoms with Crippen LogP contribution in [0.15, 0.2) is 5.16 Å². The van der Waals surface area contributed by atoms with Gasteiger partial charge in [-0.25, -0.2) is 0 Å². The minimum atomic E-state index is -0.793. The van der Waals surface area contributed by atoms with Crippen molar-refractivity contribution in [3.8, 4) is 0 Å². The highest BCUT2D eigenvalue weighted by atomic mass is 16.5. The van der Waals surface area contributed by atoms with Crippen LogP contribution < -0.4 is 5.73 Å². The third-order valence-corrected chi connectivity index (χ3v) is 4.36. The van der Waals surface area contributed by atoms with Crippen molar-refractivity contribution in [3.63, 3.8) is 0 Å². The number of oxime groups is 1. The summed E-state index contributed by atoms with van der Waals surface area (Å²) in [5.74, 6) is 0.485. The number of morpholine rings is 1. The van der Waals surface area contributed by atoms with E-state index in [1.165, 1.54) is 0 Å². The molecular weight excluding hydrogens is 246 g/mol. The van der Waals surface area contributed by atoms with E-state index in [0.717, 1.165) is 6.42 Å². The number of rotatable bonds is 3. The lowest BCUT2D eigenvalue weighted by Crippen LogP contribution is -2.61. The fourth-order valence-electron chi connectivity index (χ4n) is 3.25. The maximum atomic E-state index is 12.8. The van der Waals surface area contributed by atoms with Crippen molar-refractivity contribution < 1.29 is 14.7 Å². The molecule has 108 valence electrons. The van der Waals surface area contributed by atoms with Gasteiger partial charge in [0.2, 0.25) is 5.91 Å². The molecule has 0 aromatic rings. The summed E-state index contributed by atoms with van der Waals surface area (Å²) in [5, 5.41) is 12.1. The Balaban J connectivity index is 2.20. The van der Waals surface area contributed by atoms with Crippen LogP contribution >= 0.6 is 0 Å². The van der Waals surface area contributed by atoms with E-state index in [2.05, 4.69) is 12.1 Å². The summed E-state index contributed by atoms with van der Waals surface area (Å²) in [6.07, 6.45) is 2.18. The Labute approximate surface area is 113 Å². The molecule has 0 aromatic heterocycles. The summed E-state index contributed by atoms with van der Waals surface area (Å²) in [4.78, 5) is 14.7. The van der Waals surface area contributed by atoms with Gasteiger partial charge in [0.15, 0.2) is 5.84 Å². The Morgan fingerprint density at radius 3 is 2.79 bits per heavy atom. The number of hydrogen-bond donors (Lipinski definition) is 2. The lowest BCUT2D eigenvalue weighted by Gasteiger charge is -2.48. The molecule has 6 heteroatoms. The van der Waals surface area contributed by atoms with Gasteiger partial charge in [-0.15, -0.1) is 0 Å². The predicted molar refractivity (Wildman–Crippen MR) is 70.9 cm³/mol. The van der Waals surface area contributed by atoms with E-state index in [1.54, 1.807) is 0 Å². The van der Waals surface area contributed by atoms with Crippen LogP contribution in [0, 0.1) is 11.3 Å². The second-order valence-electron chi connectivity index (χ2n) is 5.72. The zero-order valence-corrected chi connectivity index (χ0v) is 11.6. The van der Waals surface area contributed by atoms with E-state index >= 15 is 0 Å². The molecule has 1 aliphatic carbocycles. The third-order valence-electron chi connectivity index (χ3n) is 4.36. The first-order valence-electron chi connectivity index (χ1n) is 6.92. The normalized spacial score (nSPS) is 35.9. The first-order chi connectivity index (χ1) is 9.05. The van der Waals surface area contributed by atoms with Gasteiger partial charge in [-0.3, -0.25) is 4.79 Å². The number of carbonyl (C=O) groups is 1. The molecule has 0 bridgehead atoms. The fourth-order valence-corrected chi connectivity index (χ4v) is 3.25. The molecule has 1 saturated heterocycles. The molecule has 19 heavy (non-hydrogen) atoms. The second-order valence-corrected chi connectivity index (χ2v) is 5.72. The molecule has 0 spiro atoms. The van der Waals surface area contributed by atoms with Crippen LogP contribution in [0.1, 0.15) is 33.1 Å². The van der Waals surface area contributed by atoms with E-state index in [1.807, 2.05) is 11.8 Å². The van der Waals surface area contributed by atoms with Crippen LogP contribution in [0.4, 0.5) is 0 Å². The molecule has 1 atom stereocenters. The largest absolute Gasteiger partial charge is 0.409 e. The van der Waals surface area contributed by atoms with Gasteiger partial charge in [0, 0.05) is 6.54 Å². The van der Waals surface area contributed by atoms with E-state index in [9.17, 15) is 4.79 Å². The lowest BCUT2D eigenvalue weighted by atomic mass is 9.61. The molecule has 2 aliphatic rings. The topological polar surface area (TPSA) is 88.2 Å². The third kappa shape index (κ3) is 2.29. The van der Waals surface area contributed by atoms with Gasteiger partial charge in [0.05, 0.1) is 19.3 Å². The highest BCUT2D eigenvalue weighted by molar-refractivity contribution is 6.07. The van der Waals surface area contributed by atoms with Crippen LogP contribution in [-0.4, -0.2) is 47.7 Å². The van der Waals surface area contributed by atoms with Crippen molar-refractivity contribution in [1.82, 2.24) is 4.90 Å². The molecule has 2 fully saturated rings. The van der Waals surface area contributed by atoms with Gasteiger partial charge in [0.1, 0.15) is 5.41 Å². The van der Waals surface area contributed by atoms with Crippen LogP contribution in [0.3, 0.4) is 0 Å². The maximum absolute atomic E-state index is 12.8. The smallest absolute Gasteiger partial charge is 0.236 e. The number of ether oxygens (including phenoxy) is 1. The highest BCUT2D eigenvalue weighted by Crippen LogP contribution is 2.47. The number of nitrogens with zero attached hydrogens (tertiary/aromatic N) is 2. The Hall–Kier alpha value is -1.30. The average Bonchev–Trinajstić information content (AvgIpc) is 2.41. The Morgan fingerprint density at radius 1 is 1.58 bits per heavy atom. The molecule has 1 aliphatic heterocycles. The number of amidine groups is 1. The van der Waals surface area contributed by atoms with E-state index < -0.39 is 5.41 Å². The highest BCUT2D eigenvalue weighted by Gasteiger charge is 2.54. The van der Waals surface area contributed by atoms with Gasteiger partial charge in [-0.1, -0.05) is 19.0 Å². The fraction of sp³-hybridized carbons (Fsp3) is 0.846. The van der Waals surface area contributed by atoms with Crippen molar-refractivity contribution in [3.05, 3.63) is 0 Å². The standard InChI is InChI=1S/C13H23N3O3/c1-3-10-8-19-5-4-16(10)12(17)13(11(14)15-18)6-9(2)7-13/h9-10,18H,3-8H2,1-2H3,(H2,14,15). The molecule has 6 nitrogen and oxygen atoms in total. The van der Waals surface area contributed by atoms with Gasteiger partial charge in [0.25, 0.3) is 0 Å². The zero-order chi connectivity index (χ0) is 14.0. The van der Waals surface area contributed by atoms with E-state index in [4.69, 9.17) is 15.7 Å². The lowest BCUT2D eigenvalue weighted by molar-refractivity contribution is -0.153. The molecular formula is C13H23N3O3. The van der Waals surface area contributed by atoms with Crippen LogP contribution in [0.25, 0.3) is 0 Å². The number of amides is 1. The quantitative estimate of drug-likeness (QED) is 0.343. The monoisotopic (exact) mass is 269 g/mol. The Kier molecular flexibility index (Phi) is 3.99. The van der Waals surface area contributed by atoms with Crippen molar-refractivity contribution in [1.29, 1.82) is 0 Å². The zero-order valence-electron chi connectivity index (χ0n) is 11.6. The van der Waals surface area contributed by atoms with Gasteiger partial charge < -0.3 is 20.6 Å². The molecule has 1 amide bonds. The molecule has 0 aromatic carbocycles.